The molecule has 6 aromatic carbocycles. The number of phenols is 1. The molecule has 0 aliphatic rings. The summed E-state index contributed by atoms with van der Waals surface area (Å²) < 4.78 is 29.3. The van der Waals surface area contributed by atoms with Crippen molar-refractivity contribution in [2.75, 3.05) is 0 Å². The quantitative estimate of drug-likeness (QED) is 0.183. The van der Waals surface area contributed by atoms with Gasteiger partial charge in [-0.15, -0.1) is 0 Å². The van der Waals surface area contributed by atoms with Gasteiger partial charge < -0.3 is 5.11 Å². The molecule has 0 spiro atoms. The molecule has 4 nitrogen and oxygen atoms in total. The minimum absolute atomic E-state index is 0.0652. The van der Waals surface area contributed by atoms with Crippen molar-refractivity contribution in [1.82, 2.24) is 14.5 Å². The summed E-state index contributed by atoms with van der Waals surface area (Å²) in [7, 11) is 0. The van der Waals surface area contributed by atoms with Crippen molar-refractivity contribution in [3.63, 3.8) is 0 Å². The minimum Gasteiger partial charge on any atom is -0.507 e. The van der Waals surface area contributed by atoms with Crippen LogP contribution in [0.15, 0.2) is 146 Å². The Morgan fingerprint density at radius 2 is 1.20 bits per heavy atom. The zero-order valence-corrected chi connectivity index (χ0v) is 35.9. The second-order valence-corrected chi connectivity index (χ2v) is 18.9. The highest BCUT2D eigenvalue weighted by atomic mass is 16.3. The van der Waals surface area contributed by atoms with Gasteiger partial charge in [-0.2, -0.15) is 0 Å². The van der Waals surface area contributed by atoms with E-state index in [1.54, 1.807) is 0 Å². The molecule has 0 fully saturated rings. The third kappa shape index (κ3) is 7.84. The first kappa shape index (κ1) is 35.9. The average molecular weight is 777 g/mol. The third-order valence-electron chi connectivity index (χ3n) is 11.2. The van der Waals surface area contributed by atoms with E-state index in [1.165, 1.54) is 0 Å². The molecule has 4 heteroatoms. The van der Waals surface area contributed by atoms with Crippen LogP contribution in [0.25, 0.3) is 72.7 Å². The maximum atomic E-state index is 12.3. The molecule has 0 aliphatic carbocycles. The number of aromatic hydroxyl groups is 1. The van der Waals surface area contributed by atoms with Crippen LogP contribution in [-0.2, 0) is 16.2 Å². The van der Waals surface area contributed by atoms with Crippen LogP contribution in [0.5, 0.6) is 5.75 Å². The van der Waals surface area contributed by atoms with Crippen molar-refractivity contribution in [2.45, 2.75) is 85.5 Å². The Hall–Kier alpha value is -6.26. The molecular formula is C55H55N3O. The number of phenolic OH excluding ortho intramolecular Hbond substituents is 1. The number of aryl methyl sites for hydroxylation is 1. The summed E-state index contributed by atoms with van der Waals surface area (Å²) in [5.74, 6) is 0.841. The molecule has 296 valence electrons. The number of benzene rings is 6. The second-order valence-electron chi connectivity index (χ2n) is 18.9. The highest BCUT2D eigenvalue weighted by Gasteiger charge is 2.29. The molecule has 0 amide bonds. The zero-order valence-electron chi connectivity index (χ0n) is 38.9. The lowest BCUT2D eigenvalue weighted by Gasteiger charge is -2.27. The lowest BCUT2D eigenvalue weighted by Crippen LogP contribution is -2.17. The van der Waals surface area contributed by atoms with E-state index in [-0.39, 0.29) is 40.3 Å². The number of rotatable bonds is 6. The first-order chi connectivity index (χ1) is 29.2. The van der Waals surface area contributed by atoms with Crippen molar-refractivity contribution >= 4 is 11.0 Å². The first-order valence-electron chi connectivity index (χ1n) is 22.0. The number of nitrogens with zero attached hydrogens (tertiary/aromatic N) is 3. The Bertz CT molecular complexity index is 3000. The summed E-state index contributed by atoms with van der Waals surface area (Å²) in [6, 6.07) is 43.4. The smallest absolute Gasteiger partial charge is 0.149 e. The molecule has 1 N–H and O–H groups in total. The van der Waals surface area contributed by atoms with E-state index in [0.29, 0.717) is 28.2 Å². The number of fused-ring (bicyclic) bond motifs is 1. The van der Waals surface area contributed by atoms with Crippen molar-refractivity contribution in [3.8, 4) is 67.5 Å². The number of para-hydroxylation sites is 1. The molecule has 0 saturated carbocycles. The predicted octanol–water partition coefficient (Wildman–Crippen LogP) is 14.7. The van der Waals surface area contributed by atoms with Gasteiger partial charge >= 0.3 is 0 Å². The Kier molecular flexibility index (Phi) is 9.02. The molecule has 0 bridgehead atoms. The largest absolute Gasteiger partial charge is 0.507 e. The highest BCUT2D eigenvalue weighted by Crippen LogP contribution is 2.45. The standard InChI is InChI=1S/C55H55N3O/c1-35-16-14-19-38(28-35)39-26-27-56-48(32-39)41-29-40(30-42(31-41)53(2,3)4)45-20-15-21-49-50(45)57-52(46-33-43(54(5,6)7)34-47(51(46)59)55(8,9)10)58(49)44-24-22-37(23-25-44)36-17-12-11-13-18-36/h11-34,59H,1-10H3/i26D,27D,32D. The van der Waals surface area contributed by atoms with Crippen LogP contribution in [0, 0.1) is 6.92 Å². The lowest BCUT2D eigenvalue weighted by molar-refractivity contribution is 0.446. The van der Waals surface area contributed by atoms with E-state index >= 15 is 0 Å². The fourth-order valence-corrected chi connectivity index (χ4v) is 7.77. The van der Waals surface area contributed by atoms with E-state index < -0.39 is 0 Å². The number of pyridine rings is 1. The Morgan fingerprint density at radius 3 is 1.88 bits per heavy atom. The molecule has 2 aromatic heterocycles. The van der Waals surface area contributed by atoms with Crippen LogP contribution in [-0.4, -0.2) is 19.6 Å². The van der Waals surface area contributed by atoms with E-state index in [1.807, 2.05) is 61.5 Å². The highest BCUT2D eigenvalue weighted by molar-refractivity contribution is 5.97. The van der Waals surface area contributed by atoms with Gasteiger partial charge in [-0.1, -0.05) is 159 Å². The predicted molar refractivity (Wildman–Crippen MR) is 249 cm³/mol. The van der Waals surface area contributed by atoms with Crippen LogP contribution in [0.3, 0.4) is 0 Å². The van der Waals surface area contributed by atoms with Crippen LogP contribution in [0.1, 0.15) is 88.7 Å². The minimum atomic E-state index is -0.343. The van der Waals surface area contributed by atoms with Gasteiger partial charge in [0.2, 0.25) is 0 Å². The molecule has 0 atom stereocenters. The van der Waals surface area contributed by atoms with Crippen molar-refractivity contribution in [1.29, 1.82) is 0 Å². The van der Waals surface area contributed by atoms with E-state index in [0.717, 1.165) is 66.8 Å². The molecule has 8 rings (SSSR count). The van der Waals surface area contributed by atoms with Crippen LogP contribution in [0.2, 0.25) is 0 Å². The molecule has 8 aromatic rings. The van der Waals surface area contributed by atoms with Gasteiger partial charge in [0.15, 0.2) is 0 Å². The lowest BCUT2D eigenvalue weighted by atomic mass is 9.79. The average Bonchev–Trinajstić information content (AvgIpc) is 3.61. The van der Waals surface area contributed by atoms with Gasteiger partial charge in [-0.05, 0) is 111 Å². The molecule has 59 heavy (non-hydrogen) atoms. The second kappa shape index (κ2) is 14.8. The summed E-state index contributed by atoms with van der Waals surface area (Å²) in [6.07, 6.45) is -0.175. The molecule has 2 heterocycles. The number of hydrogen-bond acceptors (Lipinski definition) is 3. The topological polar surface area (TPSA) is 50.9 Å². The van der Waals surface area contributed by atoms with E-state index in [2.05, 4.69) is 145 Å². The fourth-order valence-electron chi connectivity index (χ4n) is 7.77. The Morgan fingerprint density at radius 1 is 0.559 bits per heavy atom. The fraction of sp³-hybridized carbons (Fsp3) is 0.236. The maximum Gasteiger partial charge on any atom is 0.149 e. The molecule has 0 saturated heterocycles. The summed E-state index contributed by atoms with van der Waals surface area (Å²) in [5.41, 5.74) is 12.5. The van der Waals surface area contributed by atoms with Crippen LogP contribution in [0.4, 0.5) is 0 Å². The van der Waals surface area contributed by atoms with Gasteiger partial charge in [0.05, 0.1) is 26.4 Å². The normalized spacial score (nSPS) is 13.0. The Labute approximate surface area is 354 Å². The Balaban J connectivity index is 1.42. The summed E-state index contributed by atoms with van der Waals surface area (Å²) >= 11 is 0. The van der Waals surface area contributed by atoms with E-state index in [9.17, 15) is 6.48 Å². The molecule has 0 aliphatic heterocycles. The van der Waals surface area contributed by atoms with E-state index in [4.69, 9.17) is 7.73 Å². The zero-order chi connectivity index (χ0) is 44.5. The van der Waals surface area contributed by atoms with Gasteiger partial charge in [0.1, 0.15) is 11.6 Å². The molecule has 0 unspecified atom stereocenters. The van der Waals surface area contributed by atoms with Crippen molar-refractivity contribution < 1.29 is 9.22 Å². The maximum absolute atomic E-state index is 12.3. The molecular weight excluding hydrogens is 719 g/mol. The van der Waals surface area contributed by atoms with Gasteiger partial charge in [0.25, 0.3) is 0 Å². The summed E-state index contributed by atoms with van der Waals surface area (Å²) in [5, 5.41) is 12.3. The monoisotopic (exact) mass is 776 g/mol. The van der Waals surface area contributed by atoms with Gasteiger partial charge in [-0.25, -0.2) is 4.98 Å². The number of imidazole rings is 1. The first-order valence-corrected chi connectivity index (χ1v) is 20.5. The molecule has 0 radical (unpaired) electrons. The van der Waals surface area contributed by atoms with Crippen LogP contribution < -0.4 is 0 Å². The SMILES string of the molecule is [2H]c1nc(-c2cc(-c3cccc4c3nc(-c3cc(C(C)(C)C)cc(C(C)(C)C)c3O)n4-c3ccc(-c4ccccc4)cc3)cc(C(C)(C)C)c2)c([2H])c(-c2cccc(C)c2)c1[2H]. The van der Waals surface area contributed by atoms with Crippen molar-refractivity contribution in [3.05, 3.63) is 168 Å². The summed E-state index contributed by atoms with van der Waals surface area (Å²) in [6.45, 7) is 21.4. The van der Waals surface area contributed by atoms with Gasteiger partial charge in [-0.3, -0.25) is 9.55 Å². The third-order valence-corrected chi connectivity index (χ3v) is 11.2. The summed E-state index contributed by atoms with van der Waals surface area (Å²) in [4.78, 5) is 10.1. The number of hydrogen-bond donors (Lipinski definition) is 1. The number of aromatic nitrogens is 3. The van der Waals surface area contributed by atoms with Crippen LogP contribution >= 0.6 is 0 Å². The van der Waals surface area contributed by atoms with Crippen molar-refractivity contribution in [2.24, 2.45) is 0 Å². The van der Waals surface area contributed by atoms with Gasteiger partial charge in [0, 0.05) is 28.6 Å².